The van der Waals surface area contributed by atoms with Crippen molar-refractivity contribution in [3.63, 3.8) is 0 Å². The number of aliphatic hydroxyl groups excluding tert-OH is 1. The number of halogens is 1. The summed E-state index contributed by atoms with van der Waals surface area (Å²) in [7, 11) is 0. The number of rotatable bonds is 4. The maximum absolute atomic E-state index is 8.71. The molecule has 0 fully saturated rings. The van der Waals surface area contributed by atoms with Crippen LogP contribution in [-0.4, -0.2) is 23.7 Å². The molecular formula is C5H10ClO2. The van der Waals surface area contributed by atoms with Crippen molar-refractivity contribution in [1.29, 1.82) is 0 Å². The van der Waals surface area contributed by atoms with Gasteiger partial charge in [0.1, 0.15) is 0 Å². The summed E-state index contributed by atoms with van der Waals surface area (Å²) in [5.74, 6) is 0.230. The highest BCUT2D eigenvalue weighted by Crippen LogP contribution is 1.89. The van der Waals surface area contributed by atoms with Crippen LogP contribution in [0.15, 0.2) is 0 Å². The van der Waals surface area contributed by atoms with E-state index in [0.717, 1.165) is 0 Å². The minimum atomic E-state index is -0.534. The SMILES string of the molecule is C[CH]OCC(O)CCl. The molecule has 3 heteroatoms. The lowest BCUT2D eigenvalue weighted by molar-refractivity contribution is 0.0821. The molecule has 0 aromatic carbocycles. The standard InChI is InChI=1S/C5H10ClO2/c1-2-8-4-5(7)3-6/h2,5,7H,3-4H2,1H3. The number of ether oxygens (including phenoxy) is 1. The van der Waals surface area contributed by atoms with Gasteiger partial charge in [0.15, 0.2) is 0 Å². The third-order valence-corrected chi connectivity index (χ3v) is 0.990. The van der Waals surface area contributed by atoms with Crippen LogP contribution in [0.5, 0.6) is 0 Å². The van der Waals surface area contributed by atoms with Gasteiger partial charge in [0.2, 0.25) is 0 Å². The lowest BCUT2D eigenvalue weighted by Crippen LogP contribution is -2.15. The molecule has 0 aliphatic carbocycles. The number of hydrogen-bond acceptors (Lipinski definition) is 2. The maximum Gasteiger partial charge on any atom is 0.0908 e. The second-order valence-electron chi connectivity index (χ2n) is 1.38. The molecule has 0 amide bonds. The average molecular weight is 138 g/mol. The average Bonchev–Trinajstić information content (AvgIpc) is 1.83. The zero-order chi connectivity index (χ0) is 6.41. The van der Waals surface area contributed by atoms with E-state index < -0.39 is 6.10 Å². The molecule has 0 saturated carbocycles. The van der Waals surface area contributed by atoms with Gasteiger partial charge in [-0.3, -0.25) is 0 Å². The first-order valence-electron chi connectivity index (χ1n) is 2.44. The summed E-state index contributed by atoms with van der Waals surface area (Å²) in [6.45, 7) is 3.57. The van der Waals surface area contributed by atoms with Crippen LogP contribution in [0.1, 0.15) is 6.92 Å². The van der Waals surface area contributed by atoms with Gasteiger partial charge < -0.3 is 9.84 Å². The van der Waals surface area contributed by atoms with Crippen LogP contribution < -0.4 is 0 Å². The largest absolute Gasteiger partial charge is 0.389 e. The fourth-order valence-corrected chi connectivity index (χ4v) is 0.341. The third-order valence-electron chi connectivity index (χ3n) is 0.633. The van der Waals surface area contributed by atoms with E-state index in [9.17, 15) is 0 Å². The quantitative estimate of drug-likeness (QED) is 0.581. The summed E-state index contributed by atoms with van der Waals surface area (Å²) >= 11 is 5.24. The normalized spacial score (nSPS) is 13.9. The van der Waals surface area contributed by atoms with Gasteiger partial charge in [-0.05, 0) is 6.92 Å². The molecule has 8 heavy (non-hydrogen) atoms. The molecule has 1 atom stereocenters. The Labute approximate surface area is 54.4 Å². The van der Waals surface area contributed by atoms with Crippen molar-refractivity contribution < 1.29 is 9.84 Å². The van der Waals surface area contributed by atoms with Gasteiger partial charge in [-0.25, -0.2) is 0 Å². The Hall–Kier alpha value is 0.210. The maximum atomic E-state index is 8.71. The van der Waals surface area contributed by atoms with E-state index in [0.29, 0.717) is 6.61 Å². The van der Waals surface area contributed by atoms with Crippen molar-refractivity contribution >= 4 is 11.6 Å². The van der Waals surface area contributed by atoms with Gasteiger partial charge in [-0.15, -0.1) is 11.6 Å². The van der Waals surface area contributed by atoms with Crippen molar-refractivity contribution in [2.45, 2.75) is 13.0 Å². The summed E-state index contributed by atoms with van der Waals surface area (Å²) in [5, 5.41) is 8.71. The lowest BCUT2D eigenvalue weighted by Gasteiger charge is -2.03. The molecule has 0 aliphatic heterocycles. The Balaban J connectivity index is 2.86. The van der Waals surface area contributed by atoms with E-state index >= 15 is 0 Å². The second-order valence-corrected chi connectivity index (χ2v) is 1.69. The zero-order valence-electron chi connectivity index (χ0n) is 4.80. The third kappa shape index (κ3) is 4.37. The van der Waals surface area contributed by atoms with Crippen LogP contribution in [0.3, 0.4) is 0 Å². The van der Waals surface area contributed by atoms with Crippen molar-refractivity contribution in [1.82, 2.24) is 0 Å². The summed E-state index contributed by atoms with van der Waals surface area (Å²) in [6.07, 6.45) is -0.534. The van der Waals surface area contributed by atoms with Crippen LogP contribution >= 0.6 is 11.6 Å². The molecule has 0 bridgehead atoms. The van der Waals surface area contributed by atoms with Crippen LogP contribution in [-0.2, 0) is 4.74 Å². The molecule has 0 spiro atoms. The van der Waals surface area contributed by atoms with E-state index in [-0.39, 0.29) is 5.88 Å². The molecule has 2 nitrogen and oxygen atoms in total. The minimum absolute atomic E-state index is 0.230. The van der Waals surface area contributed by atoms with Gasteiger partial charge in [0.25, 0.3) is 0 Å². The molecule has 0 saturated heterocycles. The molecule has 1 unspecified atom stereocenters. The van der Waals surface area contributed by atoms with Crippen LogP contribution in [0.2, 0.25) is 0 Å². The Morgan fingerprint density at radius 2 is 2.50 bits per heavy atom. The molecule has 0 heterocycles. The lowest BCUT2D eigenvalue weighted by atomic mass is 10.4. The highest BCUT2D eigenvalue weighted by Gasteiger charge is 1.98. The van der Waals surface area contributed by atoms with Crippen LogP contribution in [0.25, 0.3) is 0 Å². The molecule has 0 aliphatic rings. The van der Waals surface area contributed by atoms with Crippen molar-refractivity contribution in [3.8, 4) is 0 Å². The molecule has 1 N–H and O–H groups in total. The molecule has 0 aromatic rings. The van der Waals surface area contributed by atoms with E-state index in [1.807, 2.05) is 0 Å². The Kier molecular flexibility index (Phi) is 5.49. The van der Waals surface area contributed by atoms with Gasteiger partial charge >= 0.3 is 0 Å². The predicted octanol–water partition coefficient (Wildman–Crippen LogP) is 0.784. The predicted molar refractivity (Wildman–Crippen MR) is 32.7 cm³/mol. The fourth-order valence-electron chi connectivity index (χ4n) is 0.252. The fraction of sp³-hybridized carbons (Fsp3) is 0.800. The van der Waals surface area contributed by atoms with E-state index in [2.05, 4.69) is 0 Å². The number of hydrogen-bond donors (Lipinski definition) is 1. The second kappa shape index (κ2) is 5.35. The van der Waals surface area contributed by atoms with Gasteiger partial charge in [0.05, 0.1) is 25.2 Å². The molecule has 1 radical (unpaired) electrons. The van der Waals surface area contributed by atoms with Gasteiger partial charge in [0, 0.05) is 0 Å². The van der Waals surface area contributed by atoms with Crippen molar-refractivity contribution in [2.75, 3.05) is 12.5 Å². The van der Waals surface area contributed by atoms with Crippen molar-refractivity contribution in [3.05, 3.63) is 6.61 Å². The molecule has 0 aromatic heterocycles. The van der Waals surface area contributed by atoms with Crippen LogP contribution in [0.4, 0.5) is 0 Å². The first-order chi connectivity index (χ1) is 3.81. The van der Waals surface area contributed by atoms with E-state index in [4.69, 9.17) is 21.4 Å². The Morgan fingerprint density at radius 3 is 2.88 bits per heavy atom. The monoisotopic (exact) mass is 137 g/mol. The van der Waals surface area contributed by atoms with Gasteiger partial charge in [-0.2, -0.15) is 0 Å². The minimum Gasteiger partial charge on any atom is -0.389 e. The number of alkyl halides is 1. The van der Waals surface area contributed by atoms with E-state index in [1.54, 1.807) is 6.92 Å². The van der Waals surface area contributed by atoms with E-state index in [1.165, 1.54) is 6.61 Å². The topological polar surface area (TPSA) is 29.5 Å². The summed E-state index contributed by atoms with van der Waals surface area (Å²) in [6, 6.07) is 0. The Bertz CT molecular complexity index is 49.7. The Morgan fingerprint density at radius 1 is 1.88 bits per heavy atom. The number of aliphatic hydroxyl groups is 1. The molecular weight excluding hydrogens is 128 g/mol. The first-order valence-corrected chi connectivity index (χ1v) is 2.98. The summed E-state index contributed by atoms with van der Waals surface area (Å²) in [4.78, 5) is 0. The smallest absolute Gasteiger partial charge is 0.0908 e. The molecule has 0 rings (SSSR count). The first kappa shape index (κ1) is 8.21. The van der Waals surface area contributed by atoms with Crippen molar-refractivity contribution in [2.24, 2.45) is 0 Å². The highest BCUT2D eigenvalue weighted by atomic mass is 35.5. The zero-order valence-corrected chi connectivity index (χ0v) is 5.56. The van der Waals surface area contributed by atoms with Crippen LogP contribution in [0, 0.1) is 6.61 Å². The summed E-state index contributed by atoms with van der Waals surface area (Å²) < 4.78 is 4.73. The highest BCUT2D eigenvalue weighted by molar-refractivity contribution is 6.18. The summed E-state index contributed by atoms with van der Waals surface area (Å²) in [5.41, 5.74) is 0. The van der Waals surface area contributed by atoms with Gasteiger partial charge in [-0.1, -0.05) is 0 Å². The molecule has 49 valence electrons.